The van der Waals surface area contributed by atoms with Crippen LogP contribution < -0.4 is 9.47 Å². The summed E-state index contributed by atoms with van der Waals surface area (Å²) in [7, 11) is 0. The number of nitro groups is 1. The van der Waals surface area contributed by atoms with Gasteiger partial charge in [-0.05, 0) is 42.7 Å². The number of benzene rings is 2. The van der Waals surface area contributed by atoms with Crippen molar-refractivity contribution in [2.45, 2.75) is 25.3 Å². The van der Waals surface area contributed by atoms with E-state index in [-0.39, 0.29) is 17.6 Å². The van der Waals surface area contributed by atoms with E-state index in [4.69, 9.17) is 9.47 Å². The Bertz CT molecular complexity index is 865. The van der Waals surface area contributed by atoms with Crippen molar-refractivity contribution in [3.05, 3.63) is 63.7 Å². The molecule has 0 unspecified atom stereocenters. The molecule has 1 fully saturated rings. The van der Waals surface area contributed by atoms with Crippen LogP contribution in [0.15, 0.2) is 42.5 Å². The van der Waals surface area contributed by atoms with Crippen LogP contribution in [0.3, 0.4) is 0 Å². The molecule has 7 heteroatoms. The summed E-state index contributed by atoms with van der Waals surface area (Å²) in [6.07, 6.45) is 2.63. The first-order valence-corrected chi connectivity index (χ1v) is 9.08. The highest BCUT2D eigenvalue weighted by molar-refractivity contribution is 5.95. The van der Waals surface area contributed by atoms with Crippen LogP contribution in [0.25, 0.3) is 0 Å². The fourth-order valence-corrected chi connectivity index (χ4v) is 3.64. The number of non-ortho nitro benzene ring substituents is 1. The van der Waals surface area contributed by atoms with Crippen LogP contribution in [-0.2, 0) is 0 Å². The Balaban J connectivity index is 1.57. The van der Waals surface area contributed by atoms with E-state index in [1.807, 2.05) is 23.1 Å². The molecule has 2 aliphatic heterocycles. The zero-order chi connectivity index (χ0) is 18.8. The van der Waals surface area contributed by atoms with Crippen molar-refractivity contribution in [3.63, 3.8) is 0 Å². The summed E-state index contributed by atoms with van der Waals surface area (Å²) in [5, 5.41) is 10.8. The quantitative estimate of drug-likeness (QED) is 0.609. The third-order valence-electron chi connectivity index (χ3n) is 5.00. The Hall–Kier alpha value is -3.09. The standard InChI is InChI=1S/C20H20N2O5/c23-20(14-4-7-16(8-5-14)22(24)25)21-10-1-3-17(21)15-6-9-18-19(13-15)27-12-2-11-26-18/h4-9,13,17H,1-3,10-12H2/t17-/m0/s1. The van der Waals surface area contributed by atoms with Gasteiger partial charge in [0, 0.05) is 30.7 Å². The zero-order valence-electron chi connectivity index (χ0n) is 14.8. The van der Waals surface area contributed by atoms with E-state index >= 15 is 0 Å². The van der Waals surface area contributed by atoms with Gasteiger partial charge in [-0.25, -0.2) is 0 Å². The Morgan fingerprint density at radius 3 is 2.52 bits per heavy atom. The van der Waals surface area contributed by atoms with Crippen LogP contribution >= 0.6 is 0 Å². The molecule has 0 saturated carbocycles. The van der Waals surface area contributed by atoms with Crippen LogP contribution in [0.4, 0.5) is 5.69 Å². The normalized spacial score (nSPS) is 18.8. The van der Waals surface area contributed by atoms with Crippen molar-refractivity contribution in [1.82, 2.24) is 4.90 Å². The molecule has 140 valence electrons. The van der Waals surface area contributed by atoms with Crippen LogP contribution in [0.1, 0.15) is 41.2 Å². The summed E-state index contributed by atoms with van der Waals surface area (Å²) in [5.41, 5.74) is 1.46. The molecule has 7 nitrogen and oxygen atoms in total. The Morgan fingerprint density at radius 1 is 1.04 bits per heavy atom. The number of ether oxygens (including phenoxy) is 2. The van der Waals surface area contributed by atoms with Crippen molar-refractivity contribution in [1.29, 1.82) is 0 Å². The minimum absolute atomic E-state index is 0.0209. The third kappa shape index (κ3) is 3.45. The van der Waals surface area contributed by atoms with Crippen molar-refractivity contribution < 1.29 is 19.2 Å². The maximum Gasteiger partial charge on any atom is 0.269 e. The van der Waals surface area contributed by atoms with E-state index in [0.29, 0.717) is 25.3 Å². The largest absolute Gasteiger partial charge is 0.490 e. The average Bonchev–Trinajstić information content (AvgIpc) is 3.06. The highest BCUT2D eigenvalue weighted by atomic mass is 16.6. The molecule has 0 aromatic heterocycles. The predicted octanol–water partition coefficient (Wildman–Crippen LogP) is 3.73. The lowest BCUT2D eigenvalue weighted by molar-refractivity contribution is -0.384. The van der Waals surface area contributed by atoms with Gasteiger partial charge in [0.15, 0.2) is 11.5 Å². The SMILES string of the molecule is O=C(c1ccc([N+](=O)[O-])cc1)N1CCC[C@H]1c1ccc2c(c1)OCCCO2. The van der Waals surface area contributed by atoms with E-state index < -0.39 is 4.92 Å². The summed E-state index contributed by atoms with van der Waals surface area (Å²) >= 11 is 0. The molecule has 2 aliphatic rings. The monoisotopic (exact) mass is 368 g/mol. The van der Waals surface area contributed by atoms with Gasteiger partial charge < -0.3 is 14.4 Å². The predicted molar refractivity (Wildman–Crippen MR) is 98.2 cm³/mol. The number of carbonyl (C=O) groups is 1. The van der Waals surface area contributed by atoms with Crippen LogP contribution in [0.2, 0.25) is 0 Å². The van der Waals surface area contributed by atoms with E-state index in [9.17, 15) is 14.9 Å². The lowest BCUT2D eigenvalue weighted by atomic mass is 10.0. The highest BCUT2D eigenvalue weighted by Crippen LogP contribution is 2.38. The van der Waals surface area contributed by atoms with Gasteiger partial charge in [-0.1, -0.05) is 6.07 Å². The van der Waals surface area contributed by atoms with Gasteiger partial charge >= 0.3 is 0 Å². The maximum absolute atomic E-state index is 13.0. The molecule has 0 bridgehead atoms. The van der Waals surface area contributed by atoms with E-state index in [1.54, 1.807) is 0 Å². The number of amides is 1. The molecule has 2 heterocycles. The molecule has 0 N–H and O–H groups in total. The number of carbonyl (C=O) groups excluding carboxylic acids is 1. The van der Waals surface area contributed by atoms with Gasteiger partial charge in [0.2, 0.25) is 0 Å². The smallest absolute Gasteiger partial charge is 0.269 e. The number of hydrogen-bond acceptors (Lipinski definition) is 5. The second-order valence-electron chi connectivity index (χ2n) is 6.72. The molecule has 2 aromatic rings. The van der Waals surface area contributed by atoms with Crippen LogP contribution in [0, 0.1) is 10.1 Å². The fraction of sp³-hybridized carbons (Fsp3) is 0.350. The Morgan fingerprint density at radius 2 is 1.78 bits per heavy atom. The maximum atomic E-state index is 13.0. The number of nitrogens with zero attached hydrogens (tertiary/aromatic N) is 2. The number of likely N-dealkylation sites (tertiary alicyclic amines) is 1. The molecule has 1 atom stereocenters. The van der Waals surface area contributed by atoms with Gasteiger partial charge in [0.1, 0.15) is 0 Å². The summed E-state index contributed by atoms with van der Waals surface area (Å²) in [6.45, 7) is 1.92. The summed E-state index contributed by atoms with van der Waals surface area (Å²) < 4.78 is 11.5. The van der Waals surface area contributed by atoms with Crippen molar-refractivity contribution in [3.8, 4) is 11.5 Å². The van der Waals surface area contributed by atoms with Gasteiger partial charge in [-0.2, -0.15) is 0 Å². The summed E-state index contributed by atoms with van der Waals surface area (Å²) in [6, 6.07) is 11.6. The second kappa shape index (κ2) is 7.26. The van der Waals surface area contributed by atoms with Crippen LogP contribution in [0.5, 0.6) is 11.5 Å². The molecule has 1 saturated heterocycles. The molecule has 0 aliphatic carbocycles. The van der Waals surface area contributed by atoms with Gasteiger partial charge in [-0.15, -0.1) is 0 Å². The molecule has 1 amide bonds. The Kier molecular flexibility index (Phi) is 4.66. The molecule has 0 radical (unpaired) electrons. The van der Waals surface area contributed by atoms with Gasteiger partial charge in [-0.3, -0.25) is 14.9 Å². The lowest BCUT2D eigenvalue weighted by Crippen LogP contribution is -2.30. The third-order valence-corrected chi connectivity index (χ3v) is 5.00. The van der Waals surface area contributed by atoms with E-state index in [2.05, 4.69) is 0 Å². The van der Waals surface area contributed by atoms with Crippen molar-refractivity contribution >= 4 is 11.6 Å². The van der Waals surface area contributed by atoms with E-state index in [0.717, 1.165) is 36.3 Å². The van der Waals surface area contributed by atoms with Crippen molar-refractivity contribution in [2.75, 3.05) is 19.8 Å². The number of nitro benzene ring substituents is 1. The number of rotatable bonds is 3. The summed E-state index contributed by atoms with van der Waals surface area (Å²) in [4.78, 5) is 25.1. The first-order valence-electron chi connectivity index (χ1n) is 9.08. The first kappa shape index (κ1) is 17.3. The first-order chi connectivity index (χ1) is 13.1. The second-order valence-corrected chi connectivity index (χ2v) is 6.72. The topological polar surface area (TPSA) is 81.9 Å². The molecular weight excluding hydrogens is 348 g/mol. The lowest BCUT2D eigenvalue weighted by Gasteiger charge is -2.25. The molecule has 4 rings (SSSR count). The highest BCUT2D eigenvalue weighted by Gasteiger charge is 2.31. The molecule has 27 heavy (non-hydrogen) atoms. The fourth-order valence-electron chi connectivity index (χ4n) is 3.64. The zero-order valence-corrected chi connectivity index (χ0v) is 14.8. The molecule has 2 aromatic carbocycles. The summed E-state index contributed by atoms with van der Waals surface area (Å²) in [5.74, 6) is 1.35. The minimum atomic E-state index is -0.468. The van der Waals surface area contributed by atoms with Crippen molar-refractivity contribution in [2.24, 2.45) is 0 Å². The molecule has 0 spiro atoms. The van der Waals surface area contributed by atoms with E-state index in [1.165, 1.54) is 24.3 Å². The average molecular weight is 368 g/mol. The Labute approximate surface area is 156 Å². The minimum Gasteiger partial charge on any atom is -0.490 e. The van der Waals surface area contributed by atoms with Gasteiger partial charge in [0.25, 0.3) is 11.6 Å². The van der Waals surface area contributed by atoms with Gasteiger partial charge in [0.05, 0.1) is 24.2 Å². The van der Waals surface area contributed by atoms with Crippen LogP contribution in [-0.4, -0.2) is 35.5 Å². The number of hydrogen-bond donors (Lipinski definition) is 0. The molecular formula is C20H20N2O5. The number of fused-ring (bicyclic) bond motifs is 1.